The van der Waals surface area contributed by atoms with Gasteiger partial charge in [-0.1, -0.05) is 0 Å². The van der Waals surface area contributed by atoms with Gasteiger partial charge in [-0.15, -0.1) is 0 Å². The number of nitrogens with one attached hydrogen (secondary N) is 1. The summed E-state index contributed by atoms with van der Waals surface area (Å²) in [5, 5.41) is 3.46. The van der Waals surface area contributed by atoms with Crippen LogP contribution >= 0.6 is 22.6 Å². The maximum absolute atomic E-state index is 11.0. The van der Waals surface area contributed by atoms with E-state index in [4.69, 9.17) is 0 Å². The van der Waals surface area contributed by atoms with E-state index >= 15 is 0 Å². The molecule has 4 aromatic heterocycles. The molecule has 0 radical (unpaired) electrons. The molecule has 13 rings (SSSR count). The Morgan fingerprint density at radius 2 is 0.831 bits per heavy atom. The molecule has 0 fully saturated rings. The van der Waals surface area contributed by atoms with Crippen molar-refractivity contribution in [3.63, 3.8) is 0 Å². The zero-order valence-corrected chi connectivity index (χ0v) is 48.5. The second kappa shape index (κ2) is 23.6. The molecule has 4 nitrogen and oxygen atoms in total. The van der Waals surface area contributed by atoms with Crippen molar-refractivity contribution >= 4 is 202 Å². The number of anilines is 8. The van der Waals surface area contributed by atoms with E-state index < -0.39 is 0 Å². The number of hydrogen-bond acceptors (Lipinski definition) is 4. The Hall–Kier alpha value is -3.32. The van der Waals surface area contributed by atoms with Gasteiger partial charge in [0.2, 0.25) is 0 Å². The normalized spacial score (nSPS) is 12.0. The van der Waals surface area contributed by atoms with E-state index in [1.807, 2.05) is 6.07 Å². The molecule has 65 heavy (non-hydrogen) atoms. The quantitative estimate of drug-likeness (QED) is 0.112. The van der Waals surface area contributed by atoms with Crippen molar-refractivity contribution in [2.45, 2.75) is 0 Å². The number of fused-ring (bicyclic) bond motifs is 6. The molecule has 6 aromatic carbocycles. The van der Waals surface area contributed by atoms with Crippen LogP contribution in [0.5, 0.6) is 0 Å². The third-order valence-corrected chi connectivity index (χ3v) is 25.1. The molecule has 0 unspecified atom stereocenters. The summed E-state index contributed by atoms with van der Waals surface area (Å²) in [4.78, 5) is 24.7. The van der Waals surface area contributed by atoms with Crippen LogP contribution in [-0.4, -0.2) is 109 Å². The fourth-order valence-electron chi connectivity index (χ4n) is 6.87. The minimum atomic E-state index is 0.0896. The monoisotopic (exact) mass is 1420 g/mol. The van der Waals surface area contributed by atoms with Crippen LogP contribution in [0.1, 0.15) is 9.23 Å². The summed E-state index contributed by atoms with van der Waals surface area (Å²) in [5.41, 5.74) is 7.82. The molecular weight excluding hydrogens is 1370 g/mol. The molecule has 10 aromatic rings. The fourth-order valence-corrected chi connectivity index (χ4v) is 19.6. The van der Waals surface area contributed by atoms with E-state index in [0.29, 0.717) is 88.4 Å². The molecule has 0 aliphatic carbocycles. The van der Waals surface area contributed by atoms with Crippen molar-refractivity contribution in [3.8, 4) is 0 Å². The number of nitrogens with zero attached hydrogens (tertiary/aromatic N) is 2. The van der Waals surface area contributed by atoms with E-state index in [2.05, 4.69) is 246 Å². The number of rotatable bonds is 3. The van der Waals surface area contributed by atoms with Crippen LogP contribution in [0.3, 0.4) is 0 Å². The van der Waals surface area contributed by atoms with Crippen LogP contribution in [0.4, 0.5) is 43.2 Å². The van der Waals surface area contributed by atoms with Crippen molar-refractivity contribution < 1.29 is 4.79 Å². The van der Waals surface area contributed by atoms with E-state index in [1.165, 1.54) is 72.5 Å². The molecule has 0 bridgehead atoms. The van der Waals surface area contributed by atoms with E-state index in [9.17, 15) is 4.79 Å². The predicted molar refractivity (Wildman–Crippen MR) is 292 cm³/mol. The van der Waals surface area contributed by atoms with Crippen molar-refractivity contribution in [2.75, 3.05) is 15.1 Å². The van der Waals surface area contributed by atoms with Gasteiger partial charge in [0.1, 0.15) is 0 Å². The Bertz CT molecular complexity index is 2880. The van der Waals surface area contributed by atoms with Gasteiger partial charge in [0.15, 0.2) is 0 Å². The summed E-state index contributed by atoms with van der Waals surface area (Å²) in [7, 11) is 0. The van der Waals surface area contributed by atoms with E-state index in [-0.39, 0.29) is 14.5 Å². The number of aldehydes is 1. The van der Waals surface area contributed by atoms with Crippen molar-refractivity contribution in [3.05, 3.63) is 221 Å². The Morgan fingerprint density at radius 1 is 0.400 bits per heavy atom. The van der Waals surface area contributed by atoms with Crippen molar-refractivity contribution in [1.82, 2.24) is 0 Å². The average Bonchev–Trinajstić information content (AvgIpc) is 4.24. The Kier molecular flexibility index (Phi) is 17.0. The number of carbonyl (C=O) groups excluding carboxylic acids is 1. The van der Waals surface area contributed by atoms with Gasteiger partial charge in [0.25, 0.3) is 0 Å². The zero-order chi connectivity index (χ0) is 44.2. The Balaban J connectivity index is 0.000000111. The van der Waals surface area contributed by atoms with Crippen molar-refractivity contribution in [1.29, 1.82) is 0 Å². The first-order chi connectivity index (χ1) is 32.1. The first-order valence-corrected chi connectivity index (χ1v) is 33.9. The predicted octanol–water partition coefficient (Wildman–Crippen LogP) is 7.67. The standard InChI is InChI=1S/C17H11NOSe2.C16H11NSe2.C12H9NSe.C4H3ISe.C4H4Se/c19-11-12-9-10-17(20-12)18-13-5-1-3-7-15(13)21-16-8-4-2-6-14(16)18;1-3-8-14-12(6-1)17(16-10-5-11-18-16)13-7-2-4-9-15(13)19-14;1-3-7-11-9(5-1)13-10-6-2-4-8-12(10)14-11;5-4-2-1-3-6-4;1-2-4-5-3-1/h1-11H;1-11H;1-8,13H;1-3H;1-4H. The van der Waals surface area contributed by atoms with E-state index in [1.54, 1.807) is 0 Å². The minimum absolute atomic E-state index is 0.0896. The fraction of sp³-hybridized carbons (Fsp3) is 0. The molecule has 12 heteroatoms. The molecule has 1 N–H and O–H groups in total. The summed E-state index contributed by atoms with van der Waals surface area (Å²) in [5.74, 6) is 0. The van der Waals surface area contributed by atoms with Crippen LogP contribution in [0.25, 0.3) is 0 Å². The van der Waals surface area contributed by atoms with Gasteiger partial charge in [-0.3, -0.25) is 0 Å². The summed E-state index contributed by atoms with van der Waals surface area (Å²) >= 11 is 5.52. The van der Waals surface area contributed by atoms with Crippen LogP contribution in [0, 0.1) is 2.44 Å². The molecule has 0 spiro atoms. The number of para-hydroxylation sites is 6. The van der Waals surface area contributed by atoms with Gasteiger partial charge in [-0.2, -0.15) is 0 Å². The van der Waals surface area contributed by atoms with Crippen LogP contribution < -0.4 is 41.9 Å². The number of carbonyl (C=O) groups is 1. The van der Waals surface area contributed by atoms with Crippen molar-refractivity contribution in [2.24, 2.45) is 0 Å². The van der Waals surface area contributed by atoms with Crippen LogP contribution in [0.15, 0.2) is 214 Å². The van der Waals surface area contributed by atoms with Crippen LogP contribution in [0.2, 0.25) is 0 Å². The first kappa shape index (κ1) is 46.8. The van der Waals surface area contributed by atoms with Gasteiger partial charge in [-0.25, -0.2) is 0 Å². The third-order valence-electron chi connectivity index (χ3n) is 9.72. The molecular formula is C53H38IN3OSe7. The van der Waals surface area contributed by atoms with Gasteiger partial charge in [0.05, 0.1) is 0 Å². The van der Waals surface area contributed by atoms with Gasteiger partial charge in [0, 0.05) is 0 Å². The second-order valence-corrected chi connectivity index (χ2v) is 31.5. The van der Waals surface area contributed by atoms with E-state index in [0.717, 1.165) is 10.7 Å². The summed E-state index contributed by atoms with van der Waals surface area (Å²) in [6.07, 6.45) is 0.981. The molecule has 0 amide bonds. The first-order valence-electron chi connectivity index (χ1n) is 20.3. The molecule has 320 valence electrons. The number of halogens is 1. The molecule has 0 saturated carbocycles. The van der Waals surface area contributed by atoms with Gasteiger partial charge in [-0.05, 0) is 0 Å². The molecule has 0 atom stereocenters. The topological polar surface area (TPSA) is 35.6 Å². The Morgan fingerprint density at radius 3 is 1.22 bits per heavy atom. The molecule has 3 aliphatic rings. The Labute approximate surface area is 437 Å². The second-order valence-electron chi connectivity index (χ2n) is 13.9. The molecule has 7 heterocycles. The average molecular weight is 1410 g/mol. The third kappa shape index (κ3) is 11.9. The number of benzene rings is 6. The maximum atomic E-state index is 11.0. The SMILES string of the molecule is Ic1ccc[se]1.O=Cc1ccc(N2c3ccccc3[Se]c3ccccc32)[se]1.c1c[se]c(N2c3ccccc3[Se]c3ccccc32)c1.c1cc[se]c1.c1ccc2c(c1)Nc1ccccc1[Se]2. The summed E-state index contributed by atoms with van der Waals surface area (Å²) in [6.45, 7) is 0. The summed E-state index contributed by atoms with van der Waals surface area (Å²) < 4.78 is 13.7. The molecule has 0 saturated heterocycles. The van der Waals surface area contributed by atoms with Crippen LogP contribution in [-0.2, 0) is 0 Å². The summed E-state index contributed by atoms with van der Waals surface area (Å²) in [6, 6.07) is 68.8. The van der Waals surface area contributed by atoms with Gasteiger partial charge < -0.3 is 0 Å². The zero-order valence-electron chi connectivity index (χ0n) is 34.4. The number of hydrogen-bond donors (Lipinski definition) is 1. The van der Waals surface area contributed by atoms with Gasteiger partial charge >= 0.3 is 442 Å². The molecule has 3 aliphatic heterocycles.